The smallest absolute Gasteiger partial charge is 0.276 e. The zero-order chi connectivity index (χ0) is 20.1. The van der Waals surface area contributed by atoms with Gasteiger partial charge in [-0.05, 0) is 26.7 Å². The monoisotopic (exact) mass is 375 g/mol. The SMILES string of the molecule is CCc1nn(C)cc1C(=O)NC(C)CN(C)C(=O)c1nnn(CC)c1CC. The summed E-state index contributed by atoms with van der Waals surface area (Å²) in [6, 6.07) is -0.220. The summed E-state index contributed by atoms with van der Waals surface area (Å²) >= 11 is 0. The number of amides is 2. The minimum Gasteiger partial charge on any atom is -0.348 e. The Balaban J connectivity index is 2.02. The Labute approximate surface area is 159 Å². The van der Waals surface area contributed by atoms with Gasteiger partial charge in [0.05, 0.1) is 17.0 Å². The fourth-order valence-electron chi connectivity index (χ4n) is 3.11. The third-order valence-corrected chi connectivity index (χ3v) is 4.43. The molecule has 27 heavy (non-hydrogen) atoms. The summed E-state index contributed by atoms with van der Waals surface area (Å²) in [5.74, 6) is -0.372. The second-order valence-electron chi connectivity index (χ2n) is 6.63. The lowest BCUT2D eigenvalue weighted by Gasteiger charge is -2.22. The highest BCUT2D eigenvalue weighted by Gasteiger charge is 2.23. The van der Waals surface area contributed by atoms with Gasteiger partial charge in [-0.25, -0.2) is 4.68 Å². The number of rotatable bonds is 8. The highest BCUT2D eigenvalue weighted by Crippen LogP contribution is 2.10. The topological polar surface area (TPSA) is 97.9 Å². The second kappa shape index (κ2) is 8.79. The summed E-state index contributed by atoms with van der Waals surface area (Å²) in [4.78, 5) is 26.8. The van der Waals surface area contributed by atoms with E-state index in [4.69, 9.17) is 0 Å². The first-order valence-corrected chi connectivity index (χ1v) is 9.33. The quantitative estimate of drug-likeness (QED) is 0.744. The van der Waals surface area contributed by atoms with E-state index in [9.17, 15) is 9.59 Å². The number of likely N-dealkylation sites (N-methyl/N-ethyl adjacent to an activating group) is 1. The van der Waals surface area contributed by atoms with Gasteiger partial charge in [0.1, 0.15) is 0 Å². The molecule has 2 heterocycles. The van der Waals surface area contributed by atoms with Crippen LogP contribution < -0.4 is 5.32 Å². The van der Waals surface area contributed by atoms with Crippen molar-refractivity contribution in [3.05, 3.63) is 28.8 Å². The molecule has 0 aromatic carbocycles. The maximum absolute atomic E-state index is 12.7. The van der Waals surface area contributed by atoms with Crippen LogP contribution >= 0.6 is 0 Å². The molecule has 0 aliphatic rings. The lowest BCUT2D eigenvalue weighted by Crippen LogP contribution is -2.43. The van der Waals surface area contributed by atoms with Crippen LogP contribution in [0, 0.1) is 0 Å². The summed E-state index contributed by atoms with van der Waals surface area (Å²) in [5.41, 5.74) is 2.53. The molecule has 1 atom stereocenters. The number of nitrogens with zero attached hydrogens (tertiary/aromatic N) is 6. The molecule has 0 aliphatic carbocycles. The molecule has 9 nitrogen and oxygen atoms in total. The van der Waals surface area contributed by atoms with Gasteiger partial charge in [-0.15, -0.1) is 5.10 Å². The van der Waals surface area contributed by atoms with Crippen LogP contribution in [0.4, 0.5) is 0 Å². The minimum absolute atomic E-state index is 0.181. The Kier molecular flexibility index (Phi) is 6.70. The van der Waals surface area contributed by atoms with Crippen LogP contribution in [-0.4, -0.2) is 61.1 Å². The minimum atomic E-state index is -0.220. The molecule has 0 saturated carbocycles. The zero-order valence-corrected chi connectivity index (χ0v) is 17.0. The molecule has 2 amide bonds. The van der Waals surface area contributed by atoms with Crippen LogP contribution in [0.2, 0.25) is 0 Å². The van der Waals surface area contributed by atoms with Gasteiger partial charge in [0.2, 0.25) is 0 Å². The molecule has 9 heteroatoms. The molecule has 0 bridgehead atoms. The van der Waals surface area contributed by atoms with Crippen molar-refractivity contribution in [2.24, 2.45) is 7.05 Å². The summed E-state index contributed by atoms with van der Waals surface area (Å²) < 4.78 is 3.37. The molecule has 2 aromatic rings. The van der Waals surface area contributed by atoms with E-state index in [1.807, 2.05) is 27.7 Å². The number of aryl methyl sites for hydroxylation is 3. The summed E-state index contributed by atoms with van der Waals surface area (Å²) in [5, 5.41) is 15.3. The van der Waals surface area contributed by atoms with Gasteiger partial charge in [0.15, 0.2) is 5.69 Å². The lowest BCUT2D eigenvalue weighted by atomic mass is 10.2. The van der Waals surface area contributed by atoms with Crippen LogP contribution in [0.5, 0.6) is 0 Å². The number of nitrogens with one attached hydrogen (secondary N) is 1. The molecule has 148 valence electrons. The maximum atomic E-state index is 12.7. The van der Waals surface area contributed by atoms with Crippen molar-refractivity contribution in [1.29, 1.82) is 0 Å². The summed E-state index contributed by atoms with van der Waals surface area (Å²) in [7, 11) is 3.50. The predicted molar refractivity (Wildman–Crippen MR) is 102 cm³/mol. The molecule has 2 aromatic heterocycles. The lowest BCUT2D eigenvalue weighted by molar-refractivity contribution is 0.0762. The third kappa shape index (κ3) is 4.53. The van der Waals surface area contributed by atoms with Crippen molar-refractivity contribution in [2.75, 3.05) is 13.6 Å². The van der Waals surface area contributed by atoms with Gasteiger partial charge in [0, 0.05) is 39.4 Å². The van der Waals surface area contributed by atoms with E-state index in [-0.39, 0.29) is 17.9 Å². The Morgan fingerprint density at radius 3 is 2.56 bits per heavy atom. The van der Waals surface area contributed by atoms with Gasteiger partial charge in [-0.3, -0.25) is 14.3 Å². The standard InChI is InChI=1S/C18H29N7O2/c1-7-14-13(11-24(6)21-14)17(26)19-12(4)10-23(5)18(27)16-15(8-2)25(9-3)22-20-16/h11-12H,7-10H2,1-6H3,(H,19,26). The van der Waals surface area contributed by atoms with Crippen molar-refractivity contribution in [3.63, 3.8) is 0 Å². The van der Waals surface area contributed by atoms with E-state index in [1.54, 1.807) is 34.6 Å². The third-order valence-electron chi connectivity index (χ3n) is 4.43. The molecule has 1 N–H and O–H groups in total. The second-order valence-corrected chi connectivity index (χ2v) is 6.63. The molecule has 0 radical (unpaired) electrons. The number of hydrogen-bond acceptors (Lipinski definition) is 5. The van der Waals surface area contributed by atoms with Crippen molar-refractivity contribution >= 4 is 11.8 Å². The summed E-state index contributed by atoms with van der Waals surface area (Å²) in [6.45, 7) is 8.81. The van der Waals surface area contributed by atoms with Crippen molar-refractivity contribution in [3.8, 4) is 0 Å². The van der Waals surface area contributed by atoms with E-state index in [0.717, 1.165) is 11.4 Å². The van der Waals surface area contributed by atoms with Crippen LogP contribution in [0.15, 0.2) is 6.20 Å². The molecule has 1 unspecified atom stereocenters. The Bertz CT molecular complexity index is 809. The van der Waals surface area contributed by atoms with E-state index in [1.165, 1.54) is 0 Å². The first-order chi connectivity index (χ1) is 12.8. The van der Waals surface area contributed by atoms with Crippen LogP contribution in [0.3, 0.4) is 0 Å². The number of carbonyl (C=O) groups is 2. The molecule has 0 fully saturated rings. The number of aromatic nitrogens is 5. The average Bonchev–Trinajstić information content (AvgIpc) is 3.23. The molecule has 0 aliphatic heterocycles. The van der Waals surface area contributed by atoms with Gasteiger partial charge in [-0.2, -0.15) is 5.10 Å². The van der Waals surface area contributed by atoms with Gasteiger partial charge in [-0.1, -0.05) is 19.1 Å². The molecule has 0 spiro atoms. The summed E-state index contributed by atoms with van der Waals surface area (Å²) in [6.07, 6.45) is 3.08. The highest BCUT2D eigenvalue weighted by molar-refractivity contribution is 5.95. The number of carbonyl (C=O) groups excluding carboxylic acids is 2. The number of hydrogen-bond donors (Lipinski definition) is 1. The Hall–Kier alpha value is -2.71. The molecule has 2 rings (SSSR count). The zero-order valence-electron chi connectivity index (χ0n) is 17.0. The van der Waals surface area contributed by atoms with Crippen molar-refractivity contribution in [2.45, 2.75) is 53.1 Å². The molecular weight excluding hydrogens is 346 g/mol. The average molecular weight is 375 g/mol. The first kappa shape index (κ1) is 20.6. The van der Waals surface area contributed by atoms with Crippen LogP contribution in [0.1, 0.15) is 59.9 Å². The van der Waals surface area contributed by atoms with E-state index < -0.39 is 0 Å². The maximum Gasteiger partial charge on any atom is 0.276 e. The van der Waals surface area contributed by atoms with Crippen LogP contribution in [0.25, 0.3) is 0 Å². The van der Waals surface area contributed by atoms with Crippen LogP contribution in [-0.2, 0) is 26.4 Å². The van der Waals surface area contributed by atoms with Crippen molar-refractivity contribution < 1.29 is 9.59 Å². The highest BCUT2D eigenvalue weighted by atomic mass is 16.2. The normalized spacial score (nSPS) is 12.1. The predicted octanol–water partition coefficient (Wildman–Crippen LogP) is 1.05. The van der Waals surface area contributed by atoms with Gasteiger partial charge >= 0.3 is 0 Å². The first-order valence-electron chi connectivity index (χ1n) is 9.33. The Morgan fingerprint density at radius 2 is 1.96 bits per heavy atom. The Morgan fingerprint density at radius 1 is 1.26 bits per heavy atom. The van der Waals surface area contributed by atoms with Gasteiger partial charge in [0.25, 0.3) is 11.8 Å². The fraction of sp³-hybridized carbons (Fsp3) is 0.611. The van der Waals surface area contributed by atoms with E-state index in [2.05, 4.69) is 20.7 Å². The van der Waals surface area contributed by atoms with E-state index >= 15 is 0 Å². The fourth-order valence-corrected chi connectivity index (χ4v) is 3.11. The van der Waals surface area contributed by atoms with E-state index in [0.29, 0.717) is 37.2 Å². The largest absolute Gasteiger partial charge is 0.348 e. The molecular formula is C18H29N7O2. The van der Waals surface area contributed by atoms with Gasteiger partial charge < -0.3 is 10.2 Å². The van der Waals surface area contributed by atoms with Crippen molar-refractivity contribution in [1.82, 2.24) is 35.0 Å². The molecule has 0 saturated heterocycles.